The van der Waals surface area contributed by atoms with Gasteiger partial charge < -0.3 is 26.0 Å². The zero-order valence-electron chi connectivity index (χ0n) is 11.5. The fourth-order valence-electron chi connectivity index (χ4n) is 1.94. The quantitative estimate of drug-likeness (QED) is 0.455. The minimum atomic E-state index is -1.14. The molecule has 2 aromatic rings. The van der Waals surface area contributed by atoms with Gasteiger partial charge in [-0.25, -0.2) is 4.98 Å². The van der Waals surface area contributed by atoms with E-state index in [0.717, 1.165) is 4.90 Å². The zero-order chi connectivity index (χ0) is 16.3. The van der Waals surface area contributed by atoms with E-state index in [9.17, 15) is 14.4 Å². The van der Waals surface area contributed by atoms with E-state index in [1.165, 1.54) is 10.9 Å². The highest BCUT2D eigenvalue weighted by Crippen LogP contribution is 2.07. The van der Waals surface area contributed by atoms with Crippen LogP contribution >= 0.6 is 0 Å². The van der Waals surface area contributed by atoms with Crippen LogP contribution in [0, 0.1) is 0 Å². The number of carboxylic acids is 1. The first-order valence-electron chi connectivity index (χ1n) is 6.32. The molecule has 11 heteroatoms. The second-order valence-corrected chi connectivity index (χ2v) is 4.49. The molecule has 0 fully saturated rings. The number of anilines is 1. The Labute approximate surface area is 123 Å². The first-order valence-corrected chi connectivity index (χ1v) is 6.32. The van der Waals surface area contributed by atoms with Crippen molar-refractivity contribution in [1.82, 2.24) is 24.4 Å². The Morgan fingerprint density at radius 1 is 1.45 bits per heavy atom. The largest absolute Gasteiger partial charge is 0.480 e. The highest BCUT2D eigenvalue weighted by molar-refractivity contribution is 5.82. The molecule has 2 heterocycles. The molecule has 2 aromatic heterocycles. The van der Waals surface area contributed by atoms with Crippen molar-refractivity contribution >= 4 is 29.0 Å². The van der Waals surface area contributed by atoms with Gasteiger partial charge in [0.15, 0.2) is 11.2 Å². The summed E-state index contributed by atoms with van der Waals surface area (Å²) in [6, 6.07) is 0. The van der Waals surface area contributed by atoms with Crippen LogP contribution in [0.5, 0.6) is 0 Å². The third-order valence-corrected chi connectivity index (χ3v) is 2.88. The van der Waals surface area contributed by atoms with Crippen molar-refractivity contribution in [3.8, 4) is 0 Å². The van der Waals surface area contributed by atoms with Gasteiger partial charge in [0.1, 0.15) is 13.1 Å². The van der Waals surface area contributed by atoms with Crippen LogP contribution in [0.15, 0.2) is 11.1 Å². The van der Waals surface area contributed by atoms with Crippen molar-refractivity contribution in [2.45, 2.75) is 6.54 Å². The standard InChI is InChI=1S/C11H15N7O4/c12-1-2-17(4-7(20)21)6(19)3-18-5-14-8-9(18)15-11(13)16-10(8)22/h5H,1-4,12H2,(H,20,21)(H3,13,15,16,22). The molecule has 118 valence electrons. The number of aromatic amines is 1. The van der Waals surface area contributed by atoms with E-state index in [-0.39, 0.29) is 36.7 Å². The summed E-state index contributed by atoms with van der Waals surface area (Å²) < 4.78 is 1.33. The smallest absolute Gasteiger partial charge is 0.323 e. The Morgan fingerprint density at radius 2 is 2.18 bits per heavy atom. The number of nitrogens with zero attached hydrogens (tertiary/aromatic N) is 4. The molecule has 2 rings (SSSR count). The molecule has 22 heavy (non-hydrogen) atoms. The summed E-state index contributed by atoms with van der Waals surface area (Å²) in [7, 11) is 0. The monoisotopic (exact) mass is 309 g/mol. The van der Waals surface area contributed by atoms with Crippen LogP contribution in [0.3, 0.4) is 0 Å². The molecule has 6 N–H and O–H groups in total. The van der Waals surface area contributed by atoms with Gasteiger partial charge in [-0.2, -0.15) is 4.98 Å². The van der Waals surface area contributed by atoms with E-state index < -0.39 is 24.0 Å². The lowest BCUT2D eigenvalue weighted by atomic mass is 10.4. The number of hydrogen-bond acceptors (Lipinski definition) is 7. The average molecular weight is 309 g/mol. The molecule has 0 aliphatic carbocycles. The molecule has 11 nitrogen and oxygen atoms in total. The van der Waals surface area contributed by atoms with Crippen molar-refractivity contribution in [3.05, 3.63) is 16.7 Å². The number of imidazole rings is 1. The lowest BCUT2D eigenvalue weighted by molar-refractivity contribution is -0.144. The van der Waals surface area contributed by atoms with Gasteiger partial charge in [0, 0.05) is 13.1 Å². The summed E-state index contributed by atoms with van der Waals surface area (Å²) in [5, 5.41) is 8.80. The number of fused-ring (bicyclic) bond motifs is 1. The number of aliphatic carboxylic acids is 1. The lowest BCUT2D eigenvalue weighted by Crippen LogP contribution is -2.40. The predicted octanol–water partition coefficient (Wildman–Crippen LogP) is -2.43. The maximum atomic E-state index is 12.2. The highest BCUT2D eigenvalue weighted by Gasteiger charge is 2.18. The number of carboxylic acid groups (broad SMARTS) is 1. The summed E-state index contributed by atoms with van der Waals surface area (Å²) in [6.07, 6.45) is 1.27. The summed E-state index contributed by atoms with van der Waals surface area (Å²) in [6.45, 7) is -0.443. The Kier molecular flexibility index (Phi) is 4.36. The van der Waals surface area contributed by atoms with Crippen LogP contribution in [0.1, 0.15) is 0 Å². The molecule has 0 spiro atoms. The number of nitrogens with two attached hydrogens (primary N) is 2. The number of nitrogen functional groups attached to an aromatic ring is 1. The van der Waals surface area contributed by atoms with Gasteiger partial charge in [0.25, 0.3) is 5.56 Å². The summed E-state index contributed by atoms with van der Waals surface area (Å²) in [4.78, 5) is 45.8. The highest BCUT2D eigenvalue weighted by atomic mass is 16.4. The Bertz CT molecular complexity index is 765. The lowest BCUT2D eigenvalue weighted by Gasteiger charge is -2.20. The first kappa shape index (κ1) is 15.4. The van der Waals surface area contributed by atoms with E-state index in [0.29, 0.717) is 0 Å². The summed E-state index contributed by atoms with van der Waals surface area (Å²) in [5.74, 6) is -1.72. The molecule has 0 aliphatic heterocycles. The molecule has 0 unspecified atom stereocenters. The van der Waals surface area contributed by atoms with E-state index in [2.05, 4.69) is 15.0 Å². The number of carbonyl (C=O) groups excluding carboxylic acids is 1. The molecule has 0 atom stereocenters. The second-order valence-electron chi connectivity index (χ2n) is 4.49. The minimum Gasteiger partial charge on any atom is -0.480 e. The number of hydrogen-bond donors (Lipinski definition) is 4. The van der Waals surface area contributed by atoms with E-state index in [1.807, 2.05) is 0 Å². The number of H-pyrrole nitrogens is 1. The number of nitrogens with one attached hydrogen (secondary N) is 1. The normalized spacial score (nSPS) is 10.8. The molecule has 0 radical (unpaired) electrons. The summed E-state index contributed by atoms with van der Waals surface area (Å²) in [5.41, 5.74) is 10.5. The van der Waals surface area contributed by atoms with Crippen LogP contribution in [0.25, 0.3) is 11.2 Å². The third-order valence-electron chi connectivity index (χ3n) is 2.88. The predicted molar refractivity (Wildman–Crippen MR) is 75.8 cm³/mol. The van der Waals surface area contributed by atoms with Gasteiger partial charge in [-0.05, 0) is 0 Å². The Balaban J connectivity index is 2.27. The topological polar surface area (TPSA) is 173 Å². The van der Waals surface area contributed by atoms with Gasteiger partial charge in [-0.1, -0.05) is 0 Å². The number of carbonyl (C=O) groups is 2. The van der Waals surface area contributed by atoms with Crippen LogP contribution < -0.4 is 17.0 Å². The molecule has 0 aliphatic rings. The molecule has 0 saturated carbocycles. The van der Waals surface area contributed by atoms with E-state index in [1.54, 1.807) is 0 Å². The maximum absolute atomic E-state index is 12.2. The van der Waals surface area contributed by atoms with Crippen LogP contribution in [-0.2, 0) is 16.1 Å². The van der Waals surface area contributed by atoms with Gasteiger partial charge in [0.05, 0.1) is 6.33 Å². The van der Waals surface area contributed by atoms with E-state index in [4.69, 9.17) is 16.6 Å². The van der Waals surface area contributed by atoms with Crippen molar-refractivity contribution in [3.63, 3.8) is 0 Å². The van der Waals surface area contributed by atoms with Gasteiger partial charge in [-0.15, -0.1) is 0 Å². The van der Waals surface area contributed by atoms with Crippen LogP contribution in [0.4, 0.5) is 5.95 Å². The zero-order valence-corrected chi connectivity index (χ0v) is 11.5. The van der Waals surface area contributed by atoms with Crippen molar-refractivity contribution in [1.29, 1.82) is 0 Å². The van der Waals surface area contributed by atoms with Crippen molar-refractivity contribution in [2.24, 2.45) is 5.73 Å². The fourth-order valence-corrected chi connectivity index (χ4v) is 1.94. The number of amides is 1. The minimum absolute atomic E-state index is 0.0469. The van der Waals surface area contributed by atoms with Gasteiger partial charge >= 0.3 is 5.97 Å². The Morgan fingerprint density at radius 3 is 2.82 bits per heavy atom. The average Bonchev–Trinajstić information content (AvgIpc) is 2.81. The molecule has 0 saturated heterocycles. The molecular weight excluding hydrogens is 294 g/mol. The van der Waals surface area contributed by atoms with Gasteiger partial charge in [-0.3, -0.25) is 19.4 Å². The molecule has 1 amide bonds. The van der Waals surface area contributed by atoms with Gasteiger partial charge in [0.2, 0.25) is 11.9 Å². The number of rotatable bonds is 6. The first-order chi connectivity index (χ1) is 10.4. The molecule has 0 aromatic carbocycles. The SMILES string of the molecule is NCCN(CC(=O)O)C(=O)Cn1cnc2c(=O)[nH]c(N)nc21. The Hall–Kier alpha value is -2.95. The molecular formula is C11H15N7O4. The van der Waals surface area contributed by atoms with Crippen molar-refractivity contribution < 1.29 is 14.7 Å². The van der Waals surface area contributed by atoms with E-state index >= 15 is 0 Å². The molecule has 0 bridgehead atoms. The number of aromatic nitrogens is 4. The van der Waals surface area contributed by atoms with Crippen LogP contribution in [-0.4, -0.2) is 61.0 Å². The van der Waals surface area contributed by atoms with Crippen LogP contribution in [0.2, 0.25) is 0 Å². The fraction of sp³-hybridized carbons (Fsp3) is 0.364. The maximum Gasteiger partial charge on any atom is 0.323 e. The summed E-state index contributed by atoms with van der Waals surface area (Å²) >= 11 is 0. The second kappa shape index (κ2) is 6.22. The van der Waals surface area contributed by atoms with Crippen molar-refractivity contribution in [2.75, 3.05) is 25.4 Å². The third kappa shape index (κ3) is 3.20.